The second-order valence-electron chi connectivity index (χ2n) is 5.94. The van der Waals surface area contributed by atoms with E-state index in [1.807, 2.05) is 0 Å². The van der Waals surface area contributed by atoms with Crippen LogP contribution in [0.15, 0.2) is 29.2 Å². The number of rotatable bonds is 3. The molecule has 3 aromatic heterocycles. The van der Waals surface area contributed by atoms with Gasteiger partial charge in [0.2, 0.25) is 5.91 Å². The van der Waals surface area contributed by atoms with Gasteiger partial charge in [0.25, 0.3) is 0 Å². The first-order valence-corrected chi connectivity index (χ1v) is 8.34. The van der Waals surface area contributed by atoms with Gasteiger partial charge in [-0.15, -0.1) is 11.3 Å². The minimum atomic E-state index is -4.41. The summed E-state index contributed by atoms with van der Waals surface area (Å²) in [6.07, 6.45) is -2.99. The van der Waals surface area contributed by atoms with Gasteiger partial charge >= 0.3 is 11.9 Å². The standard InChI is InChI=1S/C16H15F3N4O2S/c1-21(2)13(24)8-23-10-6-9(7-20-14(10)22(3)15(23)25)11-4-5-12(26-11)16(17,18)19/h4-7H,8H2,1-3H3. The van der Waals surface area contributed by atoms with E-state index in [0.717, 1.165) is 6.07 Å². The second-order valence-corrected chi connectivity index (χ2v) is 7.03. The maximum absolute atomic E-state index is 12.8. The number of likely N-dealkylation sites (N-methyl/N-ethyl adjacent to an activating group) is 1. The highest BCUT2D eigenvalue weighted by Gasteiger charge is 2.32. The van der Waals surface area contributed by atoms with Crippen LogP contribution in [0.25, 0.3) is 21.6 Å². The number of halogens is 3. The molecule has 0 aromatic carbocycles. The molecular formula is C16H15F3N4O2S. The lowest BCUT2D eigenvalue weighted by molar-refractivity contribution is -0.134. The molecule has 0 unspecified atom stereocenters. The van der Waals surface area contributed by atoms with Crippen LogP contribution in [0.5, 0.6) is 0 Å². The molecule has 0 aliphatic rings. The van der Waals surface area contributed by atoms with E-state index in [-0.39, 0.29) is 12.5 Å². The van der Waals surface area contributed by atoms with E-state index < -0.39 is 16.7 Å². The highest BCUT2D eigenvalue weighted by atomic mass is 32.1. The lowest BCUT2D eigenvalue weighted by Gasteiger charge is -2.10. The topological polar surface area (TPSA) is 60.1 Å². The average molecular weight is 384 g/mol. The van der Waals surface area contributed by atoms with Gasteiger partial charge in [0, 0.05) is 37.8 Å². The van der Waals surface area contributed by atoms with Gasteiger partial charge in [-0.2, -0.15) is 13.2 Å². The Morgan fingerprint density at radius 2 is 2.00 bits per heavy atom. The number of alkyl halides is 3. The molecule has 6 nitrogen and oxygen atoms in total. The number of aryl methyl sites for hydroxylation is 1. The van der Waals surface area contributed by atoms with Gasteiger partial charge < -0.3 is 4.90 Å². The predicted molar refractivity (Wildman–Crippen MR) is 92.0 cm³/mol. The highest BCUT2D eigenvalue weighted by Crippen LogP contribution is 2.38. The monoisotopic (exact) mass is 384 g/mol. The summed E-state index contributed by atoms with van der Waals surface area (Å²) in [5.41, 5.74) is 0.793. The van der Waals surface area contributed by atoms with Crippen molar-refractivity contribution in [1.29, 1.82) is 0 Å². The van der Waals surface area contributed by atoms with E-state index in [1.54, 1.807) is 20.2 Å². The third-order valence-corrected chi connectivity index (χ3v) is 5.11. The van der Waals surface area contributed by atoms with Crippen LogP contribution in [0.3, 0.4) is 0 Å². The molecule has 0 aliphatic carbocycles. The fourth-order valence-corrected chi connectivity index (χ4v) is 3.34. The largest absolute Gasteiger partial charge is 0.425 e. The maximum atomic E-state index is 12.8. The number of nitrogens with zero attached hydrogens (tertiary/aromatic N) is 4. The van der Waals surface area contributed by atoms with Crippen molar-refractivity contribution in [2.45, 2.75) is 12.7 Å². The van der Waals surface area contributed by atoms with Crippen molar-refractivity contribution < 1.29 is 18.0 Å². The van der Waals surface area contributed by atoms with Crippen LogP contribution in [0.1, 0.15) is 4.88 Å². The number of thiophene rings is 1. The number of aromatic nitrogens is 3. The van der Waals surface area contributed by atoms with Crippen molar-refractivity contribution in [2.24, 2.45) is 7.05 Å². The number of amides is 1. The lowest BCUT2D eigenvalue weighted by atomic mass is 10.2. The van der Waals surface area contributed by atoms with Crippen LogP contribution in [0.4, 0.5) is 13.2 Å². The Kier molecular flexibility index (Phi) is 4.39. The first-order valence-electron chi connectivity index (χ1n) is 7.52. The number of hydrogen-bond acceptors (Lipinski definition) is 4. The lowest BCUT2D eigenvalue weighted by Crippen LogP contribution is -2.31. The van der Waals surface area contributed by atoms with E-state index in [1.165, 1.54) is 33.3 Å². The Morgan fingerprint density at radius 1 is 1.31 bits per heavy atom. The number of pyridine rings is 1. The van der Waals surface area contributed by atoms with E-state index in [0.29, 0.717) is 32.9 Å². The maximum Gasteiger partial charge on any atom is 0.425 e. The summed E-state index contributed by atoms with van der Waals surface area (Å²) in [4.78, 5) is 29.6. The molecule has 3 aromatic rings. The van der Waals surface area contributed by atoms with Crippen LogP contribution >= 0.6 is 11.3 Å². The van der Waals surface area contributed by atoms with Crippen molar-refractivity contribution >= 4 is 28.4 Å². The quantitative estimate of drug-likeness (QED) is 0.697. The third kappa shape index (κ3) is 3.12. The fourth-order valence-electron chi connectivity index (χ4n) is 2.49. The van der Waals surface area contributed by atoms with Crippen LogP contribution in [0, 0.1) is 0 Å². The van der Waals surface area contributed by atoms with Gasteiger partial charge in [0.05, 0.1) is 5.52 Å². The Labute approximate surface area is 150 Å². The molecular weight excluding hydrogens is 369 g/mol. The van der Waals surface area contributed by atoms with Gasteiger partial charge in [0.15, 0.2) is 5.65 Å². The molecule has 3 rings (SSSR count). The zero-order chi connectivity index (χ0) is 19.2. The zero-order valence-corrected chi connectivity index (χ0v) is 15.0. The van der Waals surface area contributed by atoms with E-state index >= 15 is 0 Å². The van der Waals surface area contributed by atoms with Crippen LogP contribution < -0.4 is 5.69 Å². The van der Waals surface area contributed by atoms with E-state index in [4.69, 9.17) is 0 Å². The minimum Gasteiger partial charge on any atom is -0.347 e. The molecule has 0 saturated heterocycles. The summed E-state index contributed by atoms with van der Waals surface area (Å²) in [5, 5.41) is 0. The fraction of sp³-hybridized carbons (Fsp3) is 0.312. The first-order chi connectivity index (χ1) is 12.1. The molecule has 0 bridgehead atoms. The van der Waals surface area contributed by atoms with Crippen molar-refractivity contribution in [2.75, 3.05) is 14.1 Å². The molecule has 0 N–H and O–H groups in total. The summed E-state index contributed by atoms with van der Waals surface area (Å²) < 4.78 is 41.0. The molecule has 0 atom stereocenters. The number of fused-ring (bicyclic) bond motifs is 1. The number of imidazole rings is 1. The molecule has 3 heterocycles. The summed E-state index contributed by atoms with van der Waals surface area (Å²) >= 11 is 0.603. The molecule has 0 aliphatic heterocycles. The molecule has 10 heteroatoms. The predicted octanol–water partition coefficient (Wildman–Crippen LogP) is 2.57. The molecule has 1 amide bonds. The second kappa shape index (κ2) is 6.27. The summed E-state index contributed by atoms with van der Waals surface area (Å²) in [5.74, 6) is -0.277. The molecule has 0 radical (unpaired) electrons. The van der Waals surface area contributed by atoms with Crippen molar-refractivity contribution in [3.05, 3.63) is 39.8 Å². The molecule has 0 saturated carbocycles. The van der Waals surface area contributed by atoms with Gasteiger partial charge in [-0.05, 0) is 18.2 Å². The van der Waals surface area contributed by atoms with Crippen molar-refractivity contribution in [1.82, 2.24) is 19.0 Å². The van der Waals surface area contributed by atoms with Crippen molar-refractivity contribution in [3.8, 4) is 10.4 Å². The smallest absolute Gasteiger partial charge is 0.347 e. The number of hydrogen-bond donors (Lipinski definition) is 0. The summed E-state index contributed by atoms with van der Waals surface area (Å²) in [7, 11) is 4.68. The Morgan fingerprint density at radius 3 is 2.58 bits per heavy atom. The first kappa shape index (κ1) is 18.2. The van der Waals surface area contributed by atoms with Gasteiger partial charge in [-0.25, -0.2) is 9.78 Å². The number of carbonyl (C=O) groups is 1. The van der Waals surface area contributed by atoms with Gasteiger partial charge in [-0.1, -0.05) is 0 Å². The molecule has 0 fully saturated rings. The van der Waals surface area contributed by atoms with Crippen LogP contribution in [-0.4, -0.2) is 39.0 Å². The Bertz CT molecular complexity index is 1050. The third-order valence-electron chi connectivity index (χ3n) is 3.94. The number of carbonyl (C=O) groups excluding carboxylic acids is 1. The molecule has 0 spiro atoms. The van der Waals surface area contributed by atoms with Crippen LogP contribution in [0.2, 0.25) is 0 Å². The molecule has 138 valence electrons. The highest BCUT2D eigenvalue weighted by molar-refractivity contribution is 7.15. The Hall–Kier alpha value is -2.62. The van der Waals surface area contributed by atoms with Gasteiger partial charge in [-0.3, -0.25) is 13.9 Å². The van der Waals surface area contributed by atoms with Crippen LogP contribution in [-0.2, 0) is 24.6 Å². The molecule has 26 heavy (non-hydrogen) atoms. The average Bonchev–Trinajstić information content (AvgIpc) is 3.15. The van der Waals surface area contributed by atoms with Gasteiger partial charge in [0.1, 0.15) is 11.4 Å². The SMILES string of the molecule is CN(C)C(=O)Cn1c(=O)n(C)c2ncc(-c3ccc(C(F)(F)F)s3)cc21. The van der Waals surface area contributed by atoms with Crippen molar-refractivity contribution in [3.63, 3.8) is 0 Å². The Balaban J connectivity index is 2.12. The summed E-state index contributed by atoms with van der Waals surface area (Å²) in [6.45, 7) is -0.174. The minimum absolute atomic E-state index is 0.174. The summed E-state index contributed by atoms with van der Waals surface area (Å²) in [6, 6.07) is 3.96. The zero-order valence-electron chi connectivity index (χ0n) is 14.2. The normalized spacial score (nSPS) is 11.9. The van der Waals surface area contributed by atoms with E-state index in [2.05, 4.69) is 4.98 Å². The van der Waals surface area contributed by atoms with E-state index in [9.17, 15) is 22.8 Å².